The Morgan fingerprint density at radius 3 is 2.53 bits per heavy atom. The first kappa shape index (κ1) is 15.8. The van der Waals surface area contributed by atoms with Gasteiger partial charge in [0.25, 0.3) is 0 Å². The molecular formula is C15H25NO3. The van der Waals surface area contributed by atoms with E-state index in [0.29, 0.717) is 30.3 Å². The second-order valence-corrected chi connectivity index (χ2v) is 5.19. The van der Waals surface area contributed by atoms with Crippen molar-refractivity contribution in [3.05, 3.63) is 23.8 Å². The van der Waals surface area contributed by atoms with Gasteiger partial charge in [-0.15, -0.1) is 0 Å². The summed E-state index contributed by atoms with van der Waals surface area (Å²) in [4.78, 5) is 0. The number of phenolic OH excluding ortho intramolecular Hbond substituents is 1. The maximum atomic E-state index is 10.1. The van der Waals surface area contributed by atoms with Gasteiger partial charge in [0.2, 0.25) is 0 Å². The Morgan fingerprint density at radius 1 is 1.26 bits per heavy atom. The molecule has 0 aromatic heterocycles. The molecule has 4 N–H and O–H groups in total. The van der Waals surface area contributed by atoms with Crippen LogP contribution in [0.3, 0.4) is 0 Å². The number of rotatable bonds is 7. The van der Waals surface area contributed by atoms with E-state index in [1.807, 2.05) is 6.92 Å². The summed E-state index contributed by atoms with van der Waals surface area (Å²) in [5, 5.41) is 20.2. The second kappa shape index (κ2) is 7.36. The van der Waals surface area contributed by atoms with Gasteiger partial charge in [-0.25, -0.2) is 0 Å². The van der Waals surface area contributed by atoms with E-state index in [4.69, 9.17) is 10.5 Å². The minimum Gasteiger partial charge on any atom is -0.504 e. The van der Waals surface area contributed by atoms with Gasteiger partial charge in [0, 0.05) is 5.56 Å². The molecule has 0 aliphatic rings. The van der Waals surface area contributed by atoms with Crippen LogP contribution in [0.1, 0.15) is 45.2 Å². The topological polar surface area (TPSA) is 75.7 Å². The fourth-order valence-electron chi connectivity index (χ4n) is 1.97. The number of aliphatic hydroxyl groups excluding tert-OH is 1. The van der Waals surface area contributed by atoms with Crippen molar-refractivity contribution >= 4 is 0 Å². The van der Waals surface area contributed by atoms with E-state index < -0.39 is 12.1 Å². The molecule has 0 bridgehead atoms. The van der Waals surface area contributed by atoms with Crippen molar-refractivity contribution in [1.82, 2.24) is 0 Å². The van der Waals surface area contributed by atoms with Crippen molar-refractivity contribution in [1.29, 1.82) is 0 Å². The number of ether oxygens (including phenoxy) is 1. The molecule has 0 fully saturated rings. The van der Waals surface area contributed by atoms with Crippen molar-refractivity contribution < 1.29 is 14.9 Å². The molecule has 0 spiro atoms. The van der Waals surface area contributed by atoms with E-state index in [-0.39, 0.29) is 5.75 Å². The molecule has 1 rings (SSSR count). The monoisotopic (exact) mass is 267 g/mol. The van der Waals surface area contributed by atoms with Gasteiger partial charge in [-0.05, 0) is 31.7 Å². The summed E-state index contributed by atoms with van der Waals surface area (Å²) in [6, 6.07) is 4.59. The minimum atomic E-state index is -0.662. The first-order chi connectivity index (χ1) is 8.97. The zero-order valence-corrected chi connectivity index (χ0v) is 12.0. The van der Waals surface area contributed by atoms with Crippen LogP contribution in [-0.2, 0) is 0 Å². The van der Waals surface area contributed by atoms with E-state index in [1.54, 1.807) is 18.2 Å². The number of aliphatic hydroxyl groups is 1. The fourth-order valence-corrected chi connectivity index (χ4v) is 1.97. The first-order valence-corrected chi connectivity index (χ1v) is 6.85. The van der Waals surface area contributed by atoms with Crippen molar-refractivity contribution in [2.24, 2.45) is 11.7 Å². The SMILES string of the molecule is CCOc1cccc([C@@H](N)[C@@H](O)CCC(C)C)c1O. The van der Waals surface area contributed by atoms with Crippen LogP contribution in [0.5, 0.6) is 11.5 Å². The van der Waals surface area contributed by atoms with Crippen molar-refractivity contribution in [2.75, 3.05) is 6.61 Å². The van der Waals surface area contributed by atoms with Crippen molar-refractivity contribution in [3.8, 4) is 11.5 Å². The van der Waals surface area contributed by atoms with Crippen molar-refractivity contribution in [3.63, 3.8) is 0 Å². The third kappa shape index (κ3) is 4.40. The average molecular weight is 267 g/mol. The summed E-state index contributed by atoms with van der Waals surface area (Å²) in [5.41, 5.74) is 6.55. The second-order valence-electron chi connectivity index (χ2n) is 5.19. The lowest BCUT2D eigenvalue weighted by Crippen LogP contribution is -2.26. The Hall–Kier alpha value is -1.26. The van der Waals surface area contributed by atoms with Gasteiger partial charge in [-0.1, -0.05) is 26.0 Å². The third-order valence-electron chi connectivity index (χ3n) is 3.14. The molecule has 4 heteroatoms. The molecule has 0 aliphatic carbocycles. The Bertz CT molecular complexity index is 393. The molecule has 1 aromatic rings. The number of benzene rings is 1. The molecule has 0 radical (unpaired) electrons. The molecule has 0 unspecified atom stereocenters. The number of para-hydroxylation sites is 1. The molecule has 0 heterocycles. The third-order valence-corrected chi connectivity index (χ3v) is 3.14. The van der Waals surface area contributed by atoms with Crippen LogP contribution < -0.4 is 10.5 Å². The molecule has 1 aromatic carbocycles. The van der Waals surface area contributed by atoms with E-state index in [2.05, 4.69) is 13.8 Å². The van der Waals surface area contributed by atoms with Gasteiger partial charge in [0.15, 0.2) is 11.5 Å². The Labute approximate surface area is 115 Å². The molecule has 19 heavy (non-hydrogen) atoms. The van der Waals surface area contributed by atoms with E-state index in [1.165, 1.54) is 0 Å². The van der Waals surface area contributed by atoms with Crippen molar-refractivity contribution in [2.45, 2.75) is 45.8 Å². The molecule has 0 saturated heterocycles. The number of aromatic hydroxyl groups is 1. The Morgan fingerprint density at radius 2 is 1.95 bits per heavy atom. The normalized spacial score (nSPS) is 14.4. The van der Waals surface area contributed by atoms with Crippen LogP contribution in [0.2, 0.25) is 0 Å². The molecule has 0 aliphatic heterocycles. The van der Waals surface area contributed by atoms with Gasteiger partial charge in [-0.3, -0.25) is 0 Å². The van der Waals surface area contributed by atoms with Crippen LogP contribution in [0.25, 0.3) is 0 Å². The fraction of sp³-hybridized carbons (Fsp3) is 0.600. The Kier molecular flexibility index (Phi) is 6.12. The molecule has 0 saturated carbocycles. The smallest absolute Gasteiger partial charge is 0.162 e. The molecular weight excluding hydrogens is 242 g/mol. The lowest BCUT2D eigenvalue weighted by atomic mass is 9.95. The van der Waals surface area contributed by atoms with Crippen LogP contribution >= 0.6 is 0 Å². The van der Waals surface area contributed by atoms with Gasteiger partial charge < -0.3 is 20.7 Å². The van der Waals surface area contributed by atoms with Gasteiger partial charge in [0.1, 0.15) is 0 Å². The number of hydrogen-bond donors (Lipinski definition) is 3. The van der Waals surface area contributed by atoms with E-state index >= 15 is 0 Å². The highest BCUT2D eigenvalue weighted by Gasteiger charge is 2.21. The maximum absolute atomic E-state index is 10.1. The van der Waals surface area contributed by atoms with E-state index in [0.717, 1.165) is 6.42 Å². The summed E-state index contributed by atoms with van der Waals surface area (Å²) >= 11 is 0. The Balaban J connectivity index is 2.81. The number of hydrogen-bond acceptors (Lipinski definition) is 4. The lowest BCUT2D eigenvalue weighted by Gasteiger charge is -2.21. The summed E-state index contributed by atoms with van der Waals surface area (Å²) < 4.78 is 5.32. The van der Waals surface area contributed by atoms with Gasteiger partial charge >= 0.3 is 0 Å². The largest absolute Gasteiger partial charge is 0.504 e. The van der Waals surface area contributed by atoms with Crippen LogP contribution in [0.15, 0.2) is 18.2 Å². The van der Waals surface area contributed by atoms with Gasteiger partial charge in [-0.2, -0.15) is 0 Å². The van der Waals surface area contributed by atoms with Crippen LogP contribution in [-0.4, -0.2) is 22.9 Å². The summed E-state index contributed by atoms with van der Waals surface area (Å²) in [5.74, 6) is 0.956. The molecule has 108 valence electrons. The van der Waals surface area contributed by atoms with Crippen LogP contribution in [0.4, 0.5) is 0 Å². The summed E-state index contributed by atoms with van der Waals surface area (Å²) in [6.45, 7) is 6.53. The number of phenols is 1. The highest BCUT2D eigenvalue weighted by atomic mass is 16.5. The van der Waals surface area contributed by atoms with Crippen LogP contribution in [0, 0.1) is 5.92 Å². The standard InChI is InChI=1S/C15H25NO3/c1-4-19-13-7-5-6-11(15(13)18)14(16)12(17)9-8-10(2)3/h5-7,10,12,14,17-18H,4,8-9,16H2,1-3H3/t12-,14+/m0/s1. The first-order valence-electron chi connectivity index (χ1n) is 6.85. The molecule has 0 amide bonds. The highest BCUT2D eigenvalue weighted by molar-refractivity contribution is 5.47. The zero-order valence-electron chi connectivity index (χ0n) is 12.0. The van der Waals surface area contributed by atoms with Gasteiger partial charge in [0.05, 0.1) is 18.8 Å². The van der Waals surface area contributed by atoms with E-state index in [9.17, 15) is 10.2 Å². The summed E-state index contributed by atoms with van der Waals surface area (Å²) in [6.07, 6.45) is 0.864. The summed E-state index contributed by atoms with van der Waals surface area (Å²) in [7, 11) is 0. The highest BCUT2D eigenvalue weighted by Crippen LogP contribution is 2.34. The zero-order chi connectivity index (χ0) is 14.4. The molecule has 2 atom stereocenters. The maximum Gasteiger partial charge on any atom is 0.162 e. The predicted molar refractivity (Wildman–Crippen MR) is 76.3 cm³/mol. The predicted octanol–water partition coefficient (Wildman–Crippen LogP) is 2.59. The average Bonchev–Trinajstić information content (AvgIpc) is 2.38. The minimum absolute atomic E-state index is 0.0282. The lowest BCUT2D eigenvalue weighted by molar-refractivity contribution is 0.127. The molecule has 4 nitrogen and oxygen atoms in total. The quantitative estimate of drug-likeness (QED) is 0.709. The number of nitrogens with two attached hydrogens (primary N) is 1.